The Morgan fingerprint density at radius 2 is 1.95 bits per heavy atom. The molecule has 112 valence electrons. The minimum absolute atomic E-state index is 0.00817. The van der Waals surface area contributed by atoms with Crippen molar-refractivity contribution in [3.05, 3.63) is 29.3 Å². The van der Waals surface area contributed by atoms with Crippen molar-refractivity contribution in [2.45, 2.75) is 47.5 Å². The summed E-state index contributed by atoms with van der Waals surface area (Å²) in [5.74, 6) is 0.00817. The van der Waals surface area contributed by atoms with Gasteiger partial charge in [0.15, 0.2) is 0 Å². The molecule has 1 aromatic rings. The van der Waals surface area contributed by atoms with Gasteiger partial charge >= 0.3 is 0 Å². The van der Waals surface area contributed by atoms with Gasteiger partial charge in [-0.25, -0.2) is 0 Å². The normalized spacial score (nSPS) is 11.2. The number of carbonyl (C=O) groups excluding carboxylic acids is 1. The molecule has 0 aliphatic heterocycles. The van der Waals surface area contributed by atoms with Gasteiger partial charge in [-0.3, -0.25) is 4.79 Å². The first-order valence-corrected chi connectivity index (χ1v) is 7.52. The van der Waals surface area contributed by atoms with E-state index in [0.29, 0.717) is 6.54 Å². The third-order valence-electron chi connectivity index (χ3n) is 3.67. The molecular formula is C17H28N2O. The van der Waals surface area contributed by atoms with E-state index in [1.54, 1.807) is 0 Å². The van der Waals surface area contributed by atoms with Crippen LogP contribution in [0.1, 0.15) is 56.5 Å². The van der Waals surface area contributed by atoms with E-state index in [0.717, 1.165) is 36.2 Å². The predicted molar refractivity (Wildman–Crippen MR) is 86.4 cm³/mol. The maximum Gasteiger partial charge on any atom is 0.253 e. The molecule has 0 saturated heterocycles. The topological polar surface area (TPSA) is 41.1 Å². The Labute approximate surface area is 123 Å². The Kier molecular flexibility index (Phi) is 6.05. The Morgan fingerprint density at radius 1 is 1.25 bits per heavy atom. The lowest BCUT2D eigenvalue weighted by molar-refractivity contribution is 0.0936. The minimum Gasteiger partial charge on any atom is -0.384 e. The first-order valence-electron chi connectivity index (χ1n) is 7.52. The minimum atomic E-state index is 0.00817. The van der Waals surface area contributed by atoms with E-state index in [1.807, 2.05) is 25.1 Å². The van der Waals surface area contributed by atoms with Crippen LogP contribution in [0.2, 0.25) is 0 Å². The van der Waals surface area contributed by atoms with E-state index in [4.69, 9.17) is 0 Å². The van der Waals surface area contributed by atoms with Crippen LogP contribution in [0.15, 0.2) is 18.2 Å². The van der Waals surface area contributed by atoms with E-state index < -0.39 is 0 Å². The molecule has 0 unspecified atom stereocenters. The molecular weight excluding hydrogens is 248 g/mol. The van der Waals surface area contributed by atoms with Crippen LogP contribution >= 0.6 is 0 Å². The molecule has 0 fully saturated rings. The zero-order valence-corrected chi connectivity index (χ0v) is 13.5. The monoisotopic (exact) mass is 276 g/mol. The fourth-order valence-electron chi connectivity index (χ4n) is 1.80. The van der Waals surface area contributed by atoms with Crippen molar-refractivity contribution < 1.29 is 4.79 Å². The van der Waals surface area contributed by atoms with Crippen LogP contribution in [-0.4, -0.2) is 19.0 Å². The molecule has 0 atom stereocenters. The van der Waals surface area contributed by atoms with Gasteiger partial charge in [0.05, 0.1) is 5.56 Å². The largest absolute Gasteiger partial charge is 0.384 e. The van der Waals surface area contributed by atoms with E-state index >= 15 is 0 Å². The number of rotatable bonds is 7. The van der Waals surface area contributed by atoms with Crippen LogP contribution in [0, 0.1) is 12.3 Å². The molecule has 3 heteroatoms. The number of anilines is 1. The third kappa shape index (κ3) is 4.87. The number of aryl methyl sites for hydroxylation is 1. The standard InChI is InChI=1S/C17H28N2O/c1-6-10-18-15-9-8-13(3)11-14(15)16(20)19-12-17(4,5)7-2/h8-9,11,18H,6-7,10,12H2,1-5H3,(H,19,20). The van der Waals surface area contributed by atoms with Gasteiger partial charge in [-0.2, -0.15) is 0 Å². The van der Waals surface area contributed by atoms with E-state index in [9.17, 15) is 4.79 Å². The Hall–Kier alpha value is -1.51. The van der Waals surface area contributed by atoms with Crippen molar-refractivity contribution in [2.75, 3.05) is 18.4 Å². The number of hydrogen-bond acceptors (Lipinski definition) is 2. The molecule has 1 rings (SSSR count). The average molecular weight is 276 g/mol. The third-order valence-corrected chi connectivity index (χ3v) is 3.67. The summed E-state index contributed by atoms with van der Waals surface area (Å²) in [5, 5.41) is 6.38. The lowest BCUT2D eigenvalue weighted by Crippen LogP contribution is -2.34. The summed E-state index contributed by atoms with van der Waals surface area (Å²) in [7, 11) is 0. The van der Waals surface area contributed by atoms with Crippen molar-refractivity contribution in [3.8, 4) is 0 Å². The molecule has 0 bridgehead atoms. The second-order valence-corrected chi connectivity index (χ2v) is 6.18. The molecule has 1 aromatic carbocycles. The second-order valence-electron chi connectivity index (χ2n) is 6.18. The Bertz CT molecular complexity index is 452. The van der Waals surface area contributed by atoms with Gasteiger partial charge in [-0.15, -0.1) is 0 Å². The van der Waals surface area contributed by atoms with Gasteiger partial charge in [-0.1, -0.05) is 39.3 Å². The Morgan fingerprint density at radius 3 is 2.55 bits per heavy atom. The molecule has 0 radical (unpaired) electrons. The fraction of sp³-hybridized carbons (Fsp3) is 0.588. The summed E-state index contributed by atoms with van der Waals surface area (Å²) >= 11 is 0. The van der Waals surface area contributed by atoms with Crippen molar-refractivity contribution >= 4 is 11.6 Å². The van der Waals surface area contributed by atoms with Crippen LogP contribution in [-0.2, 0) is 0 Å². The highest BCUT2D eigenvalue weighted by Gasteiger charge is 2.18. The number of hydrogen-bond donors (Lipinski definition) is 2. The van der Waals surface area contributed by atoms with E-state index in [2.05, 4.69) is 38.3 Å². The highest BCUT2D eigenvalue weighted by molar-refractivity contribution is 5.99. The second kappa shape index (κ2) is 7.32. The first-order chi connectivity index (χ1) is 9.39. The van der Waals surface area contributed by atoms with Crippen LogP contribution in [0.4, 0.5) is 5.69 Å². The molecule has 0 spiro atoms. The SMILES string of the molecule is CCCNc1ccc(C)cc1C(=O)NCC(C)(C)CC. The summed E-state index contributed by atoms with van der Waals surface area (Å²) in [6.07, 6.45) is 2.08. The smallest absolute Gasteiger partial charge is 0.253 e. The van der Waals surface area contributed by atoms with Crippen molar-refractivity contribution in [3.63, 3.8) is 0 Å². The molecule has 20 heavy (non-hydrogen) atoms. The molecule has 0 heterocycles. The summed E-state index contributed by atoms with van der Waals surface area (Å²) in [6.45, 7) is 12.2. The van der Waals surface area contributed by atoms with Gasteiger partial charge < -0.3 is 10.6 Å². The predicted octanol–water partition coefficient (Wildman–Crippen LogP) is 3.98. The number of carbonyl (C=O) groups is 1. The average Bonchev–Trinajstić information content (AvgIpc) is 2.43. The molecule has 0 aromatic heterocycles. The molecule has 0 aliphatic rings. The van der Waals surface area contributed by atoms with Crippen molar-refractivity contribution in [1.82, 2.24) is 5.32 Å². The van der Waals surface area contributed by atoms with Gasteiger partial charge in [0.2, 0.25) is 0 Å². The molecule has 3 nitrogen and oxygen atoms in total. The Balaban J connectivity index is 2.82. The molecule has 2 N–H and O–H groups in total. The van der Waals surface area contributed by atoms with Crippen molar-refractivity contribution in [2.24, 2.45) is 5.41 Å². The quantitative estimate of drug-likeness (QED) is 0.791. The van der Waals surface area contributed by atoms with Crippen LogP contribution in [0.3, 0.4) is 0 Å². The summed E-state index contributed by atoms with van der Waals surface area (Å²) in [5.41, 5.74) is 2.90. The summed E-state index contributed by atoms with van der Waals surface area (Å²) < 4.78 is 0. The number of nitrogens with one attached hydrogen (secondary N) is 2. The lowest BCUT2D eigenvalue weighted by Gasteiger charge is -2.23. The van der Waals surface area contributed by atoms with Crippen LogP contribution < -0.4 is 10.6 Å². The lowest BCUT2D eigenvalue weighted by atomic mass is 9.90. The zero-order chi connectivity index (χ0) is 15.2. The molecule has 0 saturated carbocycles. The summed E-state index contributed by atoms with van der Waals surface area (Å²) in [4.78, 5) is 12.4. The molecule has 0 aliphatic carbocycles. The van der Waals surface area contributed by atoms with Crippen molar-refractivity contribution in [1.29, 1.82) is 0 Å². The van der Waals surface area contributed by atoms with Gasteiger partial charge in [0.1, 0.15) is 0 Å². The van der Waals surface area contributed by atoms with Crippen LogP contribution in [0.5, 0.6) is 0 Å². The van der Waals surface area contributed by atoms with E-state index in [1.165, 1.54) is 0 Å². The maximum atomic E-state index is 12.4. The maximum absolute atomic E-state index is 12.4. The first kappa shape index (κ1) is 16.5. The number of benzene rings is 1. The zero-order valence-electron chi connectivity index (χ0n) is 13.5. The highest BCUT2D eigenvalue weighted by Crippen LogP contribution is 2.20. The van der Waals surface area contributed by atoms with Gasteiger partial charge in [-0.05, 0) is 37.3 Å². The fourth-order valence-corrected chi connectivity index (χ4v) is 1.80. The summed E-state index contributed by atoms with van der Waals surface area (Å²) in [6, 6.07) is 5.97. The molecule has 1 amide bonds. The van der Waals surface area contributed by atoms with E-state index in [-0.39, 0.29) is 11.3 Å². The highest BCUT2D eigenvalue weighted by atomic mass is 16.1. The van der Waals surface area contributed by atoms with Crippen LogP contribution in [0.25, 0.3) is 0 Å². The van der Waals surface area contributed by atoms with Gasteiger partial charge in [0.25, 0.3) is 5.91 Å². The number of amides is 1. The van der Waals surface area contributed by atoms with Gasteiger partial charge in [0, 0.05) is 18.8 Å².